The molecule has 0 spiro atoms. The van der Waals surface area contributed by atoms with Crippen molar-refractivity contribution in [2.75, 3.05) is 12.8 Å². The maximum atomic E-state index is 10.7. The molecule has 1 amide bonds. The van der Waals surface area contributed by atoms with Crippen LogP contribution >= 0.6 is 0 Å². The third-order valence-corrected chi connectivity index (χ3v) is 0.988. The Hall–Kier alpha value is -1.52. The fraction of sp³-hybridized carbons (Fsp3) is 0.200. The lowest BCUT2D eigenvalue weighted by Crippen LogP contribution is -2.17. The Kier molecular flexibility index (Phi) is 1.57. The summed E-state index contributed by atoms with van der Waals surface area (Å²) in [6.07, 6.45) is 0. The van der Waals surface area contributed by atoms with Crippen LogP contribution in [-0.4, -0.2) is 18.1 Å². The van der Waals surface area contributed by atoms with E-state index in [1.54, 1.807) is 0 Å². The zero-order valence-electron chi connectivity index (χ0n) is 5.42. The largest absolute Gasteiger partial charge is 0.368 e. The molecular formula is C5H7N3O2. The summed E-state index contributed by atoms with van der Waals surface area (Å²) in [5.74, 6) is -0.168. The van der Waals surface area contributed by atoms with Crippen LogP contribution in [0.4, 0.5) is 5.88 Å². The molecule has 1 rings (SSSR count). The molecule has 1 aromatic rings. The zero-order valence-corrected chi connectivity index (χ0v) is 5.42. The van der Waals surface area contributed by atoms with Gasteiger partial charge in [-0.15, -0.1) is 0 Å². The Labute approximate surface area is 57.2 Å². The lowest BCUT2D eigenvalue weighted by atomic mass is 10.4. The van der Waals surface area contributed by atoms with Crippen molar-refractivity contribution < 1.29 is 9.32 Å². The van der Waals surface area contributed by atoms with E-state index in [1.165, 1.54) is 13.1 Å². The minimum absolute atomic E-state index is 0.138. The van der Waals surface area contributed by atoms with E-state index >= 15 is 0 Å². The zero-order chi connectivity index (χ0) is 7.56. The van der Waals surface area contributed by atoms with Gasteiger partial charge in [-0.25, -0.2) is 0 Å². The first-order valence-electron chi connectivity index (χ1n) is 2.68. The van der Waals surface area contributed by atoms with Crippen LogP contribution in [0.2, 0.25) is 0 Å². The van der Waals surface area contributed by atoms with Crippen molar-refractivity contribution >= 4 is 11.8 Å². The molecule has 5 heteroatoms. The third-order valence-electron chi connectivity index (χ3n) is 0.988. The molecule has 0 aliphatic heterocycles. The van der Waals surface area contributed by atoms with Gasteiger partial charge in [-0.05, 0) is 0 Å². The molecular weight excluding hydrogens is 134 g/mol. The first kappa shape index (κ1) is 6.60. The van der Waals surface area contributed by atoms with Gasteiger partial charge in [0.15, 0.2) is 5.69 Å². The number of carbonyl (C=O) groups excluding carboxylic acids is 1. The van der Waals surface area contributed by atoms with Crippen molar-refractivity contribution in [1.82, 2.24) is 10.5 Å². The average Bonchev–Trinajstić information content (AvgIpc) is 2.34. The Morgan fingerprint density at radius 3 is 3.00 bits per heavy atom. The fourth-order valence-corrected chi connectivity index (χ4v) is 0.524. The number of hydrogen-bond acceptors (Lipinski definition) is 4. The van der Waals surface area contributed by atoms with Crippen LogP contribution in [0.15, 0.2) is 10.6 Å². The maximum absolute atomic E-state index is 10.7. The summed E-state index contributed by atoms with van der Waals surface area (Å²) in [4.78, 5) is 10.7. The van der Waals surface area contributed by atoms with Crippen molar-refractivity contribution in [2.45, 2.75) is 0 Å². The molecule has 54 valence electrons. The van der Waals surface area contributed by atoms with Crippen molar-refractivity contribution in [3.8, 4) is 0 Å². The molecule has 5 nitrogen and oxygen atoms in total. The highest BCUT2D eigenvalue weighted by atomic mass is 16.5. The molecule has 3 N–H and O–H groups in total. The van der Waals surface area contributed by atoms with E-state index in [4.69, 9.17) is 5.73 Å². The Morgan fingerprint density at radius 1 is 1.90 bits per heavy atom. The van der Waals surface area contributed by atoms with Crippen LogP contribution < -0.4 is 11.1 Å². The molecule has 10 heavy (non-hydrogen) atoms. The van der Waals surface area contributed by atoms with Crippen LogP contribution in [0.3, 0.4) is 0 Å². The molecule has 0 fully saturated rings. The van der Waals surface area contributed by atoms with Crippen molar-refractivity contribution in [3.05, 3.63) is 11.8 Å². The number of nitrogen functional groups attached to an aromatic ring is 1. The van der Waals surface area contributed by atoms with E-state index in [0.29, 0.717) is 0 Å². The number of amides is 1. The van der Waals surface area contributed by atoms with E-state index in [9.17, 15) is 4.79 Å². The van der Waals surface area contributed by atoms with Gasteiger partial charge >= 0.3 is 0 Å². The number of nitrogens with one attached hydrogen (secondary N) is 1. The third kappa shape index (κ3) is 1.07. The normalized spacial score (nSPS) is 9.30. The smallest absolute Gasteiger partial charge is 0.273 e. The van der Waals surface area contributed by atoms with Crippen LogP contribution in [0.5, 0.6) is 0 Å². The van der Waals surface area contributed by atoms with E-state index in [-0.39, 0.29) is 17.5 Å². The molecule has 0 aromatic carbocycles. The van der Waals surface area contributed by atoms with Crippen LogP contribution in [0.1, 0.15) is 10.5 Å². The van der Waals surface area contributed by atoms with E-state index in [0.717, 1.165) is 0 Å². The second kappa shape index (κ2) is 2.38. The topological polar surface area (TPSA) is 81.2 Å². The highest BCUT2D eigenvalue weighted by molar-refractivity contribution is 5.92. The fourth-order valence-electron chi connectivity index (χ4n) is 0.524. The van der Waals surface area contributed by atoms with E-state index < -0.39 is 0 Å². The number of rotatable bonds is 1. The SMILES string of the molecule is CNC(=O)c1cc(N)on1. The van der Waals surface area contributed by atoms with Gasteiger partial charge in [-0.3, -0.25) is 4.79 Å². The maximum Gasteiger partial charge on any atom is 0.273 e. The van der Waals surface area contributed by atoms with E-state index in [1.807, 2.05) is 0 Å². The second-order valence-electron chi connectivity index (χ2n) is 1.69. The van der Waals surface area contributed by atoms with Gasteiger partial charge in [0.1, 0.15) is 0 Å². The molecule has 0 saturated carbocycles. The quantitative estimate of drug-likeness (QED) is 0.558. The van der Waals surface area contributed by atoms with Gasteiger partial charge in [0.25, 0.3) is 5.91 Å². The summed E-state index contributed by atoms with van der Waals surface area (Å²) in [7, 11) is 1.51. The average molecular weight is 141 g/mol. The molecule has 0 bridgehead atoms. The summed E-state index contributed by atoms with van der Waals surface area (Å²) in [6.45, 7) is 0. The number of nitrogens with zero attached hydrogens (tertiary/aromatic N) is 1. The van der Waals surface area contributed by atoms with Crippen molar-refractivity contribution in [3.63, 3.8) is 0 Å². The van der Waals surface area contributed by atoms with Gasteiger partial charge in [-0.2, -0.15) is 0 Å². The lowest BCUT2D eigenvalue weighted by molar-refractivity contribution is 0.0954. The standard InChI is InChI=1S/C5H7N3O2/c1-7-5(9)3-2-4(6)10-8-3/h2H,6H2,1H3,(H,7,9). The van der Waals surface area contributed by atoms with Crippen LogP contribution in [-0.2, 0) is 0 Å². The van der Waals surface area contributed by atoms with Gasteiger partial charge in [0, 0.05) is 13.1 Å². The second-order valence-corrected chi connectivity index (χ2v) is 1.69. The number of nitrogens with two attached hydrogens (primary N) is 1. The molecule has 0 unspecified atom stereocenters. The summed E-state index contributed by atoms with van der Waals surface area (Å²) in [5.41, 5.74) is 5.36. The number of hydrogen-bond donors (Lipinski definition) is 2. The monoisotopic (exact) mass is 141 g/mol. The summed E-state index contributed by atoms with van der Waals surface area (Å²) in [5, 5.41) is 5.75. The molecule has 0 aliphatic carbocycles. The molecule has 0 saturated heterocycles. The van der Waals surface area contributed by atoms with Gasteiger partial charge < -0.3 is 15.6 Å². The Bertz CT molecular complexity index is 243. The van der Waals surface area contributed by atoms with Crippen molar-refractivity contribution in [1.29, 1.82) is 0 Å². The summed E-state index contributed by atoms with van der Waals surface area (Å²) < 4.78 is 4.45. The van der Waals surface area contributed by atoms with Gasteiger partial charge in [0.2, 0.25) is 5.88 Å². The molecule has 0 atom stereocenters. The molecule has 0 radical (unpaired) electrons. The Morgan fingerprint density at radius 2 is 2.60 bits per heavy atom. The molecule has 0 aliphatic rings. The predicted molar refractivity (Wildman–Crippen MR) is 34.3 cm³/mol. The highest BCUT2D eigenvalue weighted by Gasteiger charge is 2.07. The molecule has 1 heterocycles. The first-order chi connectivity index (χ1) is 4.74. The van der Waals surface area contributed by atoms with Crippen LogP contribution in [0.25, 0.3) is 0 Å². The summed E-state index contributed by atoms with van der Waals surface area (Å²) in [6, 6.07) is 1.36. The highest BCUT2D eigenvalue weighted by Crippen LogP contribution is 2.02. The predicted octanol–water partition coefficient (Wildman–Crippen LogP) is -0.384. The van der Waals surface area contributed by atoms with E-state index in [2.05, 4.69) is 15.0 Å². The molecule has 1 aromatic heterocycles. The van der Waals surface area contributed by atoms with Gasteiger partial charge in [-0.1, -0.05) is 5.16 Å². The number of carbonyl (C=O) groups is 1. The first-order valence-corrected chi connectivity index (χ1v) is 2.68. The number of aromatic nitrogens is 1. The minimum Gasteiger partial charge on any atom is -0.368 e. The Balaban J connectivity index is 2.85. The lowest BCUT2D eigenvalue weighted by Gasteiger charge is -1.88. The number of anilines is 1. The minimum atomic E-state index is -0.305. The van der Waals surface area contributed by atoms with Crippen molar-refractivity contribution in [2.24, 2.45) is 0 Å². The summed E-state index contributed by atoms with van der Waals surface area (Å²) >= 11 is 0. The van der Waals surface area contributed by atoms with Crippen LogP contribution in [0, 0.1) is 0 Å². The van der Waals surface area contributed by atoms with Gasteiger partial charge in [0.05, 0.1) is 0 Å².